The molecule has 0 N–H and O–H groups in total. The molecule has 2 aromatic rings. The van der Waals surface area contributed by atoms with Crippen molar-refractivity contribution in [3.8, 4) is 17.0 Å². The minimum Gasteiger partial charge on any atom is -0.497 e. The summed E-state index contributed by atoms with van der Waals surface area (Å²) in [5.41, 5.74) is 1.74. The zero-order valence-electron chi connectivity index (χ0n) is 21.0. The predicted molar refractivity (Wildman–Crippen MR) is 134 cm³/mol. The highest BCUT2D eigenvalue weighted by molar-refractivity contribution is 5.85. The van der Waals surface area contributed by atoms with Gasteiger partial charge < -0.3 is 19.4 Å². The predicted octanol–water partition coefficient (Wildman–Crippen LogP) is 3.33. The van der Waals surface area contributed by atoms with Crippen LogP contribution in [0.4, 0.5) is 5.82 Å². The SMILES string of the molecule is COc1cccc(-c2ccc(N3CCN(C(=O)CN(CC(C)C)C(=O)CC(C)C)CC3)nn2)c1. The molecule has 0 aliphatic carbocycles. The smallest absolute Gasteiger partial charge is 0.242 e. The van der Waals surface area contributed by atoms with Gasteiger partial charge in [0.2, 0.25) is 11.8 Å². The highest BCUT2D eigenvalue weighted by Gasteiger charge is 2.26. The van der Waals surface area contributed by atoms with Crippen LogP contribution < -0.4 is 9.64 Å². The lowest BCUT2D eigenvalue weighted by atomic mass is 10.1. The molecule has 1 aliphatic heterocycles. The molecule has 0 unspecified atom stereocenters. The zero-order valence-corrected chi connectivity index (χ0v) is 21.0. The van der Waals surface area contributed by atoms with Crippen molar-refractivity contribution < 1.29 is 14.3 Å². The summed E-state index contributed by atoms with van der Waals surface area (Å²) in [6, 6.07) is 11.7. The standard InChI is InChI=1S/C26H37N5O3/c1-19(2)15-25(32)31(17-20(3)4)18-26(33)30-13-11-29(12-14-30)24-10-9-23(27-28-24)21-7-6-8-22(16-21)34-5/h6-10,16,19-20H,11-15,17-18H2,1-5H3. The summed E-state index contributed by atoms with van der Waals surface area (Å²) >= 11 is 0. The first kappa shape index (κ1) is 25.5. The third kappa shape index (κ3) is 6.92. The Morgan fingerprint density at radius 3 is 2.32 bits per heavy atom. The average Bonchev–Trinajstić information content (AvgIpc) is 2.83. The summed E-state index contributed by atoms with van der Waals surface area (Å²) in [5, 5.41) is 8.81. The molecule has 1 aromatic carbocycles. The summed E-state index contributed by atoms with van der Waals surface area (Å²) < 4.78 is 5.29. The number of rotatable bonds is 9. The van der Waals surface area contributed by atoms with E-state index in [1.165, 1.54) is 0 Å². The molecule has 2 amide bonds. The number of carbonyl (C=O) groups is 2. The van der Waals surface area contributed by atoms with Crippen molar-refractivity contribution in [1.29, 1.82) is 0 Å². The minimum absolute atomic E-state index is 0.0110. The number of hydrogen-bond acceptors (Lipinski definition) is 6. The van der Waals surface area contributed by atoms with Gasteiger partial charge in [-0.25, -0.2) is 0 Å². The van der Waals surface area contributed by atoms with E-state index in [-0.39, 0.29) is 24.3 Å². The van der Waals surface area contributed by atoms with E-state index in [0.717, 1.165) is 22.8 Å². The molecule has 0 spiro atoms. The van der Waals surface area contributed by atoms with Crippen molar-refractivity contribution >= 4 is 17.6 Å². The maximum atomic E-state index is 13.0. The van der Waals surface area contributed by atoms with Gasteiger partial charge in [-0.15, -0.1) is 10.2 Å². The van der Waals surface area contributed by atoms with E-state index in [2.05, 4.69) is 28.9 Å². The molecule has 3 rings (SSSR count). The van der Waals surface area contributed by atoms with Crippen molar-refractivity contribution in [2.75, 3.05) is 51.3 Å². The first-order chi connectivity index (χ1) is 16.3. The number of methoxy groups -OCH3 is 1. The largest absolute Gasteiger partial charge is 0.497 e. The van der Waals surface area contributed by atoms with E-state index >= 15 is 0 Å². The van der Waals surface area contributed by atoms with E-state index in [1.54, 1.807) is 12.0 Å². The molecule has 2 heterocycles. The number of piperazine rings is 1. The first-order valence-electron chi connectivity index (χ1n) is 12.1. The molecular weight excluding hydrogens is 430 g/mol. The fourth-order valence-electron chi connectivity index (χ4n) is 4.05. The Hall–Kier alpha value is -3.16. The van der Waals surface area contributed by atoms with Gasteiger partial charge in [0.25, 0.3) is 0 Å². The lowest BCUT2D eigenvalue weighted by Crippen LogP contribution is -2.52. The van der Waals surface area contributed by atoms with Crippen LogP contribution in [0.25, 0.3) is 11.3 Å². The molecular formula is C26H37N5O3. The fourth-order valence-corrected chi connectivity index (χ4v) is 4.05. The Morgan fingerprint density at radius 2 is 1.74 bits per heavy atom. The molecule has 1 fully saturated rings. The number of carbonyl (C=O) groups excluding carboxylic acids is 2. The lowest BCUT2D eigenvalue weighted by molar-refractivity contribution is -0.141. The number of amides is 2. The first-order valence-corrected chi connectivity index (χ1v) is 12.1. The fraction of sp³-hybridized carbons (Fsp3) is 0.538. The number of aromatic nitrogens is 2. The molecule has 0 saturated carbocycles. The van der Waals surface area contributed by atoms with Crippen molar-refractivity contribution in [2.24, 2.45) is 11.8 Å². The van der Waals surface area contributed by atoms with Crippen LogP contribution in [0.3, 0.4) is 0 Å². The van der Waals surface area contributed by atoms with E-state index in [1.807, 2.05) is 55.1 Å². The molecule has 1 saturated heterocycles. The summed E-state index contributed by atoms with van der Waals surface area (Å²) in [5.74, 6) is 2.24. The maximum Gasteiger partial charge on any atom is 0.242 e. The van der Waals surface area contributed by atoms with Crippen LogP contribution in [-0.4, -0.2) is 78.2 Å². The van der Waals surface area contributed by atoms with E-state index < -0.39 is 0 Å². The van der Waals surface area contributed by atoms with Gasteiger partial charge in [0.05, 0.1) is 19.3 Å². The molecule has 0 radical (unpaired) electrons. The van der Waals surface area contributed by atoms with Crippen LogP contribution in [-0.2, 0) is 9.59 Å². The summed E-state index contributed by atoms with van der Waals surface area (Å²) in [4.78, 5) is 31.3. The second-order valence-electron chi connectivity index (χ2n) is 9.64. The van der Waals surface area contributed by atoms with Crippen LogP contribution >= 0.6 is 0 Å². The van der Waals surface area contributed by atoms with Gasteiger partial charge in [-0.3, -0.25) is 9.59 Å². The van der Waals surface area contributed by atoms with E-state index in [9.17, 15) is 9.59 Å². The van der Waals surface area contributed by atoms with Crippen molar-refractivity contribution in [3.05, 3.63) is 36.4 Å². The van der Waals surface area contributed by atoms with Crippen molar-refractivity contribution in [1.82, 2.24) is 20.0 Å². The zero-order chi connectivity index (χ0) is 24.7. The molecule has 34 heavy (non-hydrogen) atoms. The second-order valence-corrected chi connectivity index (χ2v) is 9.64. The third-order valence-corrected chi connectivity index (χ3v) is 5.82. The number of nitrogens with zero attached hydrogens (tertiary/aromatic N) is 5. The van der Waals surface area contributed by atoms with Crippen LogP contribution in [0, 0.1) is 11.8 Å². The molecule has 1 aliphatic rings. The number of benzene rings is 1. The highest BCUT2D eigenvalue weighted by Crippen LogP contribution is 2.23. The topological polar surface area (TPSA) is 78.9 Å². The van der Waals surface area contributed by atoms with Gasteiger partial charge in [0.15, 0.2) is 5.82 Å². The molecule has 1 aromatic heterocycles. The van der Waals surface area contributed by atoms with Gasteiger partial charge in [0, 0.05) is 44.7 Å². The Bertz CT molecular complexity index is 953. The highest BCUT2D eigenvalue weighted by atomic mass is 16.5. The van der Waals surface area contributed by atoms with Crippen molar-refractivity contribution in [2.45, 2.75) is 34.1 Å². The van der Waals surface area contributed by atoms with Crippen molar-refractivity contribution in [3.63, 3.8) is 0 Å². The van der Waals surface area contributed by atoms with Crippen LogP contribution in [0.1, 0.15) is 34.1 Å². The van der Waals surface area contributed by atoms with E-state index in [0.29, 0.717) is 45.1 Å². The Balaban J connectivity index is 1.56. The average molecular weight is 468 g/mol. The van der Waals surface area contributed by atoms with Gasteiger partial charge in [-0.1, -0.05) is 39.8 Å². The molecule has 8 heteroatoms. The third-order valence-electron chi connectivity index (χ3n) is 5.82. The van der Waals surface area contributed by atoms with Gasteiger partial charge in [0.1, 0.15) is 5.75 Å². The van der Waals surface area contributed by atoms with Crippen LogP contribution in [0.2, 0.25) is 0 Å². The Morgan fingerprint density at radius 1 is 1.00 bits per heavy atom. The molecule has 8 nitrogen and oxygen atoms in total. The number of anilines is 1. The summed E-state index contributed by atoms with van der Waals surface area (Å²) in [7, 11) is 1.64. The normalized spacial score (nSPS) is 14.0. The summed E-state index contributed by atoms with van der Waals surface area (Å²) in [6.45, 7) is 11.5. The quantitative estimate of drug-likeness (QED) is 0.563. The Kier molecular flexibility index (Phi) is 8.85. The van der Waals surface area contributed by atoms with Crippen LogP contribution in [0.5, 0.6) is 5.75 Å². The second kappa shape index (κ2) is 11.8. The molecule has 0 bridgehead atoms. The maximum absolute atomic E-state index is 13.0. The van der Waals surface area contributed by atoms with Gasteiger partial charge >= 0.3 is 0 Å². The number of ether oxygens (including phenoxy) is 1. The summed E-state index contributed by atoms with van der Waals surface area (Å²) in [6.07, 6.45) is 0.470. The monoisotopic (exact) mass is 467 g/mol. The van der Waals surface area contributed by atoms with E-state index in [4.69, 9.17) is 4.74 Å². The van der Waals surface area contributed by atoms with Crippen LogP contribution in [0.15, 0.2) is 36.4 Å². The molecule has 0 atom stereocenters. The lowest BCUT2D eigenvalue weighted by Gasteiger charge is -2.36. The van der Waals surface area contributed by atoms with Gasteiger partial charge in [-0.05, 0) is 36.1 Å². The van der Waals surface area contributed by atoms with Gasteiger partial charge in [-0.2, -0.15) is 0 Å². The molecule has 184 valence electrons. The minimum atomic E-state index is 0.0110. The number of hydrogen-bond donors (Lipinski definition) is 0. The Labute approximate surface area is 202 Å².